The Kier molecular flexibility index (Phi) is 4.50. The van der Waals surface area contributed by atoms with Gasteiger partial charge < -0.3 is 9.47 Å². The number of likely N-dealkylation sites (tertiary alicyclic amines) is 1. The molecule has 2 aliphatic heterocycles. The van der Waals surface area contributed by atoms with Crippen molar-refractivity contribution in [1.29, 1.82) is 0 Å². The van der Waals surface area contributed by atoms with Crippen molar-refractivity contribution >= 4 is 21.6 Å². The predicted molar refractivity (Wildman–Crippen MR) is 105 cm³/mol. The Balaban J connectivity index is 1.71. The number of hydrogen-bond donors (Lipinski definition) is 0. The molecule has 144 valence electrons. The minimum absolute atomic E-state index is 0.0800. The van der Waals surface area contributed by atoms with E-state index >= 15 is 0 Å². The summed E-state index contributed by atoms with van der Waals surface area (Å²) in [6, 6.07) is 9.16. The molecule has 0 N–H and O–H groups in total. The average molecular weight is 388 g/mol. The van der Waals surface area contributed by atoms with Crippen molar-refractivity contribution in [3.8, 4) is 0 Å². The van der Waals surface area contributed by atoms with Crippen LogP contribution in [0.5, 0.6) is 0 Å². The van der Waals surface area contributed by atoms with Gasteiger partial charge in [-0.05, 0) is 50.3 Å². The summed E-state index contributed by atoms with van der Waals surface area (Å²) >= 11 is 0. The first-order valence-corrected chi connectivity index (χ1v) is 10.9. The lowest BCUT2D eigenvalue weighted by atomic mass is 10.1. The number of benzene rings is 1. The number of anilines is 1. The van der Waals surface area contributed by atoms with E-state index in [2.05, 4.69) is 0 Å². The highest BCUT2D eigenvalue weighted by atomic mass is 32.2. The van der Waals surface area contributed by atoms with Crippen LogP contribution >= 0.6 is 0 Å². The number of piperidine rings is 1. The standard InChI is InChI=1S/C20H25N3O3S/c1-15-19(14-18(21(15)2)20(24)22-11-6-3-7-12-22)27(25,26)23-13-10-16-8-4-5-9-17(16)23/h4-5,8-9,14H,3,6-7,10-13H2,1-2H3. The summed E-state index contributed by atoms with van der Waals surface area (Å²) in [6.45, 7) is 3.68. The van der Waals surface area contributed by atoms with Gasteiger partial charge >= 0.3 is 0 Å². The Morgan fingerprint density at radius 2 is 1.74 bits per heavy atom. The van der Waals surface area contributed by atoms with Gasteiger partial charge in [0.2, 0.25) is 0 Å². The van der Waals surface area contributed by atoms with Crippen molar-refractivity contribution in [2.75, 3.05) is 23.9 Å². The molecule has 0 spiro atoms. The predicted octanol–water partition coefficient (Wildman–Crippen LogP) is 2.71. The lowest BCUT2D eigenvalue weighted by molar-refractivity contribution is 0.0714. The Morgan fingerprint density at radius 1 is 1.04 bits per heavy atom. The first-order valence-electron chi connectivity index (χ1n) is 9.47. The fourth-order valence-electron chi connectivity index (χ4n) is 4.07. The molecule has 1 saturated heterocycles. The second kappa shape index (κ2) is 6.71. The molecule has 2 aromatic rings. The molecule has 1 fully saturated rings. The van der Waals surface area contributed by atoms with Crippen LogP contribution in [-0.2, 0) is 23.5 Å². The van der Waals surface area contributed by atoms with Crippen molar-refractivity contribution < 1.29 is 13.2 Å². The Hall–Kier alpha value is -2.28. The third-order valence-electron chi connectivity index (χ3n) is 5.76. The molecule has 1 aromatic carbocycles. The zero-order chi connectivity index (χ0) is 19.2. The molecule has 7 heteroatoms. The maximum absolute atomic E-state index is 13.4. The van der Waals surface area contributed by atoms with Crippen LogP contribution in [0, 0.1) is 6.92 Å². The van der Waals surface area contributed by atoms with E-state index in [1.54, 1.807) is 24.6 Å². The second-order valence-electron chi connectivity index (χ2n) is 7.35. The van der Waals surface area contributed by atoms with Crippen molar-refractivity contribution in [1.82, 2.24) is 9.47 Å². The van der Waals surface area contributed by atoms with Gasteiger partial charge in [-0.2, -0.15) is 0 Å². The zero-order valence-electron chi connectivity index (χ0n) is 15.8. The number of nitrogens with zero attached hydrogens (tertiary/aromatic N) is 3. The number of rotatable bonds is 3. The zero-order valence-corrected chi connectivity index (χ0v) is 16.6. The van der Waals surface area contributed by atoms with Crippen molar-refractivity contribution in [2.45, 2.75) is 37.5 Å². The van der Waals surface area contributed by atoms with Crippen LogP contribution in [0.15, 0.2) is 35.2 Å². The summed E-state index contributed by atoms with van der Waals surface area (Å²) in [4.78, 5) is 15.0. The molecular weight excluding hydrogens is 362 g/mol. The van der Waals surface area contributed by atoms with Crippen LogP contribution in [0.1, 0.15) is 41.0 Å². The molecule has 0 bridgehead atoms. The SMILES string of the molecule is Cc1c(S(=O)(=O)N2CCc3ccccc32)cc(C(=O)N2CCCCC2)n1C. The first-order chi connectivity index (χ1) is 12.9. The third-order valence-corrected chi connectivity index (χ3v) is 7.69. The van der Waals surface area contributed by atoms with E-state index in [9.17, 15) is 13.2 Å². The van der Waals surface area contributed by atoms with Crippen LogP contribution in [0.25, 0.3) is 0 Å². The number of amides is 1. The quantitative estimate of drug-likeness (QED) is 0.814. The van der Waals surface area contributed by atoms with E-state index < -0.39 is 10.0 Å². The van der Waals surface area contributed by atoms with Gasteiger partial charge in [-0.1, -0.05) is 18.2 Å². The van der Waals surface area contributed by atoms with Gasteiger partial charge in [-0.3, -0.25) is 9.10 Å². The summed E-state index contributed by atoms with van der Waals surface area (Å²) in [5.74, 6) is -0.0800. The fourth-order valence-corrected chi connectivity index (χ4v) is 5.85. The second-order valence-corrected chi connectivity index (χ2v) is 9.18. The van der Waals surface area contributed by atoms with E-state index in [1.165, 1.54) is 4.31 Å². The van der Waals surface area contributed by atoms with Gasteiger partial charge in [0.1, 0.15) is 10.6 Å². The smallest absolute Gasteiger partial charge is 0.270 e. The number of aromatic nitrogens is 1. The summed E-state index contributed by atoms with van der Waals surface area (Å²) < 4.78 is 29.9. The topological polar surface area (TPSA) is 62.6 Å². The van der Waals surface area contributed by atoms with Gasteiger partial charge in [0, 0.05) is 32.4 Å². The molecule has 4 rings (SSSR count). The minimum Gasteiger partial charge on any atom is -0.343 e. The molecule has 0 unspecified atom stereocenters. The normalized spacial score (nSPS) is 17.3. The van der Waals surface area contributed by atoms with E-state index in [4.69, 9.17) is 0 Å². The van der Waals surface area contributed by atoms with E-state index in [-0.39, 0.29) is 10.8 Å². The lowest BCUT2D eigenvalue weighted by Crippen LogP contribution is -2.36. The van der Waals surface area contributed by atoms with E-state index in [0.29, 0.717) is 24.4 Å². The highest BCUT2D eigenvalue weighted by Gasteiger charge is 2.34. The maximum atomic E-state index is 13.4. The molecule has 27 heavy (non-hydrogen) atoms. The summed E-state index contributed by atoms with van der Waals surface area (Å²) in [7, 11) is -1.94. The van der Waals surface area contributed by atoms with Crippen LogP contribution in [0.4, 0.5) is 5.69 Å². The molecule has 0 saturated carbocycles. The van der Waals surface area contributed by atoms with E-state index in [1.807, 2.05) is 29.2 Å². The summed E-state index contributed by atoms with van der Waals surface area (Å²) in [5, 5.41) is 0. The largest absolute Gasteiger partial charge is 0.343 e. The molecule has 0 radical (unpaired) electrons. The number of carbonyl (C=O) groups excluding carboxylic acids is 1. The van der Waals surface area contributed by atoms with Gasteiger partial charge in [0.05, 0.1) is 5.69 Å². The summed E-state index contributed by atoms with van der Waals surface area (Å²) in [6.07, 6.45) is 3.86. The minimum atomic E-state index is -3.71. The van der Waals surface area contributed by atoms with Crippen LogP contribution in [0.2, 0.25) is 0 Å². The number of fused-ring (bicyclic) bond motifs is 1. The third kappa shape index (κ3) is 2.94. The lowest BCUT2D eigenvalue weighted by Gasteiger charge is -2.26. The highest BCUT2D eigenvalue weighted by Crippen LogP contribution is 2.34. The highest BCUT2D eigenvalue weighted by molar-refractivity contribution is 7.93. The molecule has 1 aromatic heterocycles. The Bertz CT molecular complexity index is 988. The molecule has 1 amide bonds. The van der Waals surface area contributed by atoms with Crippen LogP contribution < -0.4 is 4.31 Å². The molecule has 3 heterocycles. The van der Waals surface area contributed by atoms with Crippen molar-refractivity contribution in [2.24, 2.45) is 7.05 Å². The monoisotopic (exact) mass is 387 g/mol. The summed E-state index contributed by atoms with van der Waals surface area (Å²) in [5.41, 5.74) is 2.82. The Morgan fingerprint density at radius 3 is 2.48 bits per heavy atom. The van der Waals surface area contributed by atoms with Crippen molar-refractivity contribution in [3.05, 3.63) is 47.3 Å². The molecular formula is C20H25N3O3S. The van der Waals surface area contributed by atoms with Gasteiger partial charge in [0.25, 0.3) is 15.9 Å². The van der Waals surface area contributed by atoms with E-state index in [0.717, 1.165) is 43.6 Å². The molecule has 2 aliphatic rings. The Labute approximate surface area is 160 Å². The molecule has 0 aliphatic carbocycles. The average Bonchev–Trinajstić information content (AvgIpc) is 3.25. The van der Waals surface area contributed by atoms with Crippen LogP contribution in [0.3, 0.4) is 0 Å². The number of hydrogen-bond acceptors (Lipinski definition) is 3. The first kappa shape index (κ1) is 18.1. The molecule has 6 nitrogen and oxygen atoms in total. The fraction of sp³-hybridized carbons (Fsp3) is 0.450. The van der Waals surface area contributed by atoms with Gasteiger partial charge in [-0.15, -0.1) is 0 Å². The molecule has 0 atom stereocenters. The van der Waals surface area contributed by atoms with Crippen molar-refractivity contribution in [3.63, 3.8) is 0 Å². The number of carbonyl (C=O) groups is 1. The number of para-hydroxylation sites is 1. The van der Waals surface area contributed by atoms with Gasteiger partial charge in [-0.25, -0.2) is 8.42 Å². The van der Waals surface area contributed by atoms with Gasteiger partial charge in [0.15, 0.2) is 0 Å². The maximum Gasteiger partial charge on any atom is 0.270 e. The van der Waals surface area contributed by atoms with Crippen LogP contribution in [-0.4, -0.2) is 43.4 Å². The number of sulfonamides is 1.